The lowest BCUT2D eigenvalue weighted by Gasteiger charge is -2.40. The van der Waals surface area contributed by atoms with Crippen molar-refractivity contribution in [1.29, 1.82) is 0 Å². The van der Waals surface area contributed by atoms with Crippen molar-refractivity contribution in [2.24, 2.45) is 5.92 Å². The zero-order valence-corrected chi connectivity index (χ0v) is 17.3. The minimum absolute atomic E-state index is 0.243. The molecule has 1 saturated heterocycles. The van der Waals surface area contributed by atoms with Gasteiger partial charge in [0.15, 0.2) is 0 Å². The number of piperidine rings is 1. The Bertz CT molecular complexity index is 811. The Hall–Kier alpha value is -2.82. The first kappa shape index (κ1) is 20.9. The summed E-state index contributed by atoms with van der Waals surface area (Å²) >= 11 is 0. The molecule has 2 unspecified atom stereocenters. The van der Waals surface area contributed by atoms with E-state index in [0.29, 0.717) is 13.2 Å². The van der Waals surface area contributed by atoms with Gasteiger partial charge in [-0.15, -0.1) is 0 Å². The molecule has 5 nitrogen and oxygen atoms in total. The van der Waals surface area contributed by atoms with Crippen LogP contribution in [0.15, 0.2) is 54.6 Å². The van der Waals surface area contributed by atoms with Gasteiger partial charge in [0, 0.05) is 12.5 Å². The van der Waals surface area contributed by atoms with E-state index in [9.17, 15) is 9.59 Å². The maximum atomic E-state index is 12.7. The van der Waals surface area contributed by atoms with Gasteiger partial charge in [0.2, 0.25) is 0 Å². The molecule has 1 amide bonds. The van der Waals surface area contributed by atoms with Crippen molar-refractivity contribution >= 4 is 12.4 Å². The molecule has 0 bridgehead atoms. The van der Waals surface area contributed by atoms with Crippen LogP contribution in [0.4, 0.5) is 4.79 Å². The fourth-order valence-electron chi connectivity index (χ4n) is 3.62. The Morgan fingerprint density at radius 3 is 2.41 bits per heavy atom. The van der Waals surface area contributed by atoms with Crippen LogP contribution in [0.5, 0.6) is 5.75 Å². The van der Waals surface area contributed by atoms with Crippen molar-refractivity contribution in [2.75, 3.05) is 6.54 Å². The van der Waals surface area contributed by atoms with E-state index < -0.39 is 5.60 Å². The zero-order chi connectivity index (χ0) is 20.9. The molecule has 0 spiro atoms. The first-order chi connectivity index (χ1) is 13.9. The normalized spacial score (nSPS) is 19.5. The molecule has 3 rings (SSSR count). The molecule has 0 saturated carbocycles. The van der Waals surface area contributed by atoms with Gasteiger partial charge in [-0.25, -0.2) is 4.79 Å². The van der Waals surface area contributed by atoms with Crippen molar-refractivity contribution in [3.63, 3.8) is 0 Å². The van der Waals surface area contributed by atoms with E-state index in [1.807, 2.05) is 75.4 Å². The van der Waals surface area contributed by atoms with Gasteiger partial charge in [0.1, 0.15) is 24.2 Å². The van der Waals surface area contributed by atoms with Gasteiger partial charge < -0.3 is 19.2 Å². The van der Waals surface area contributed by atoms with Crippen LogP contribution in [0.1, 0.15) is 50.8 Å². The molecular weight excluding hydrogens is 366 g/mol. The Morgan fingerprint density at radius 1 is 1.10 bits per heavy atom. The van der Waals surface area contributed by atoms with Gasteiger partial charge in [0.05, 0.1) is 6.04 Å². The molecule has 5 heteroatoms. The fraction of sp³-hybridized carbons (Fsp3) is 0.417. The molecular formula is C24H29NO4. The SMILES string of the molecule is CC(C)(C)OC(=O)N1CCCC(C=O)C1c1ccc(OCc2ccccc2)cc1. The van der Waals surface area contributed by atoms with Gasteiger partial charge in [-0.2, -0.15) is 0 Å². The molecule has 1 aliphatic rings. The van der Waals surface area contributed by atoms with Gasteiger partial charge in [-0.3, -0.25) is 0 Å². The van der Waals surface area contributed by atoms with Crippen LogP contribution < -0.4 is 4.74 Å². The lowest BCUT2D eigenvalue weighted by Crippen LogP contribution is -2.45. The number of likely N-dealkylation sites (tertiary alicyclic amines) is 1. The summed E-state index contributed by atoms with van der Waals surface area (Å²) in [7, 11) is 0. The van der Waals surface area contributed by atoms with E-state index in [1.165, 1.54) is 0 Å². The summed E-state index contributed by atoms with van der Waals surface area (Å²) in [6.07, 6.45) is 2.14. The monoisotopic (exact) mass is 395 g/mol. The maximum absolute atomic E-state index is 12.7. The highest BCUT2D eigenvalue weighted by molar-refractivity contribution is 5.70. The van der Waals surface area contributed by atoms with Crippen molar-refractivity contribution in [1.82, 2.24) is 4.90 Å². The summed E-state index contributed by atoms with van der Waals surface area (Å²) in [5.41, 5.74) is 1.44. The number of benzene rings is 2. The Kier molecular flexibility index (Phi) is 6.57. The maximum Gasteiger partial charge on any atom is 0.410 e. The number of hydrogen-bond acceptors (Lipinski definition) is 4. The van der Waals surface area contributed by atoms with E-state index in [0.717, 1.165) is 36.0 Å². The Morgan fingerprint density at radius 2 is 1.79 bits per heavy atom. The Balaban J connectivity index is 1.75. The molecule has 1 heterocycles. The average Bonchev–Trinajstić information content (AvgIpc) is 2.71. The molecule has 2 aromatic carbocycles. The summed E-state index contributed by atoms with van der Waals surface area (Å²) in [5, 5.41) is 0. The molecule has 2 aromatic rings. The molecule has 0 N–H and O–H groups in total. The van der Waals surface area contributed by atoms with Crippen LogP contribution >= 0.6 is 0 Å². The summed E-state index contributed by atoms with van der Waals surface area (Å²) < 4.78 is 11.4. The zero-order valence-electron chi connectivity index (χ0n) is 17.3. The van der Waals surface area contributed by atoms with Crippen LogP contribution in [0, 0.1) is 5.92 Å². The number of carbonyl (C=O) groups excluding carboxylic acids is 2. The largest absolute Gasteiger partial charge is 0.489 e. The molecule has 1 aliphatic heterocycles. The van der Waals surface area contributed by atoms with Crippen molar-refractivity contribution in [3.8, 4) is 5.75 Å². The number of nitrogens with zero attached hydrogens (tertiary/aromatic N) is 1. The molecule has 0 aromatic heterocycles. The van der Waals surface area contributed by atoms with E-state index in [-0.39, 0.29) is 18.1 Å². The topological polar surface area (TPSA) is 55.8 Å². The summed E-state index contributed by atoms with van der Waals surface area (Å²) in [4.78, 5) is 26.2. The van der Waals surface area contributed by atoms with Gasteiger partial charge in [-0.05, 0) is 56.9 Å². The summed E-state index contributed by atoms with van der Waals surface area (Å²) in [6.45, 7) is 6.61. The third-order valence-electron chi connectivity index (χ3n) is 4.95. The number of carbonyl (C=O) groups is 2. The van der Waals surface area contributed by atoms with Crippen LogP contribution in [-0.4, -0.2) is 29.4 Å². The van der Waals surface area contributed by atoms with Crippen LogP contribution in [0.2, 0.25) is 0 Å². The van der Waals surface area contributed by atoms with Gasteiger partial charge >= 0.3 is 6.09 Å². The highest BCUT2D eigenvalue weighted by Crippen LogP contribution is 2.36. The fourth-order valence-corrected chi connectivity index (χ4v) is 3.62. The third-order valence-corrected chi connectivity index (χ3v) is 4.95. The van der Waals surface area contributed by atoms with Crippen molar-refractivity contribution < 1.29 is 19.1 Å². The standard InChI is InChI=1S/C24H29NO4/c1-24(2,3)29-23(27)25-15-7-10-20(16-26)22(25)19-11-13-21(14-12-19)28-17-18-8-5-4-6-9-18/h4-6,8-9,11-14,16,20,22H,7,10,15,17H2,1-3H3. The number of rotatable bonds is 5. The molecule has 1 fully saturated rings. The molecule has 0 aliphatic carbocycles. The quantitative estimate of drug-likeness (QED) is 0.657. The molecule has 0 radical (unpaired) electrons. The smallest absolute Gasteiger partial charge is 0.410 e. The molecule has 2 atom stereocenters. The minimum Gasteiger partial charge on any atom is -0.489 e. The highest BCUT2D eigenvalue weighted by atomic mass is 16.6. The van der Waals surface area contributed by atoms with E-state index in [4.69, 9.17) is 9.47 Å². The lowest BCUT2D eigenvalue weighted by molar-refractivity contribution is -0.114. The Labute approximate surface area is 172 Å². The van der Waals surface area contributed by atoms with Crippen molar-refractivity contribution in [3.05, 3.63) is 65.7 Å². The number of ether oxygens (including phenoxy) is 2. The van der Waals surface area contributed by atoms with Gasteiger partial charge in [-0.1, -0.05) is 42.5 Å². The van der Waals surface area contributed by atoms with Crippen LogP contribution in [0.3, 0.4) is 0 Å². The predicted octanol–water partition coefficient (Wildman–Crippen LogP) is 5.15. The van der Waals surface area contributed by atoms with Crippen molar-refractivity contribution in [2.45, 2.75) is 51.9 Å². The second kappa shape index (κ2) is 9.12. The number of aldehydes is 1. The highest BCUT2D eigenvalue weighted by Gasteiger charge is 2.37. The van der Waals surface area contributed by atoms with Crippen LogP contribution in [0.25, 0.3) is 0 Å². The first-order valence-corrected chi connectivity index (χ1v) is 10.1. The average molecular weight is 395 g/mol. The second-order valence-corrected chi connectivity index (χ2v) is 8.40. The first-order valence-electron chi connectivity index (χ1n) is 10.1. The molecule has 29 heavy (non-hydrogen) atoms. The molecule has 154 valence electrons. The van der Waals surface area contributed by atoms with E-state index >= 15 is 0 Å². The van der Waals surface area contributed by atoms with E-state index in [2.05, 4.69) is 0 Å². The minimum atomic E-state index is -0.578. The number of amides is 1. The second-order valence-electron chi connectivity index (χ2n) is 8.40. The van der Waals surface area contributed by atoms with E-state index in [1.54, 1.807) is 4.90 Å². The van der Waals surface area contributed by atoms with Gasteiger partial charge in [0.25, 0.3) is 0 Å². The predicted molar refractivity (Wildman–Crippen MR) is 112 cm³/mol. The third kappa shape index (κ3) is 5.59. The summed E-state index contributed by atoms with van der Waals surface area (Å²) in [5.74, 6) is 0.507. The summed E-state index contributed by atoms with van der Waals surface area (Å²) in [6, 6.07) is 17.3. The number of hydrogen-bond donors (Lipinski definition) is 0. The van der Waals surface area contributed by atoms with Crippen LogP contribution in [-0.2, 0) is 16.1 Å². The lowest BCUT2D eigenvalue weighted by atomic mass is 9.86.